The Morgan fingerprint density at radius 1 is 1.08 bits per heavy atom. The van der Waals surface area contributed by atoms with E-state index in [1.54, 1.807) is 0 Å². The van der Waals surface area contributed by atoms with Gasteiger partial charge in [-0.3, -0.25) is 14.5 Å². The molecule has 0 spiro atoms. The third kappa shape index (κ3) is 3.03. The molecule has 26 heavy (non-hydrogen) atoms. The van der Waals surface area contributed by atoms with Gasteiger partial charge in [-0.25, -0.2) is 0 Å². The summed E-state index contributed by atoms with van der Waals surface area (Å²) < 4.78 is 0. The van der Waals surface area contributed by atoms with Crippen LogP contribution in [0.3, 0.4) is 0 Å². The first kappa shape index (κ1) is 16.6. The Morgan fingerprint density at radius 2 is 1.88 bits per heavy atom. The highest BCUT2D eigenvalue weighted by Crippen LogP contribution is 2.26. The van der Waals surface area contributed by atoms with Crippen LogP contribution in [-0.4, -0.2) is 28.2 Å². The Hall–Kier alpha value is -2.88. The minimum atomic E-state index is -0.227. The number of imide groups is 1. The number of hydrogen-bond acceptors (Lipinski definition) is 2. The molecule has 1 N–H and O–H groups in total. The summed E-state index contributed by atoms with van der Waals surface area (Å²) in [5.74, 6) is -0.308. The fourth-order valence-corrected chi connectivity index (χ4v) is 3.85. The molecule has 0 bridgehead atoms. The molecule has 4 heteroatoms. The van der Waals surface area contributed by atoms with Crippen molar-refractivity contribution in [1.29, 1.82) is 0 Å². The van der Waals surface area contributed by atoms with Crippen molar-refractivity contribution in [1.82, 2.24) is 9.88 Å². The second-order valence-electron chi connectivity index (χ2n) is 7.04. The van der Waals surface area contributed by atoms with Crippen LogP contribution in [0.15, 0.2) is 54.7 Å². The Kier molecular flexibility index (Phi) is 4.33. The summed E-state index contributed by atoms with van der Waals surface area (Å²) in [6.07, 6.45) is 3.62. The van der Waals surface area contributed by atoms with E-state index >= 15 is 0 Å². The summed E-state index contributed by atoms with van der Waals surface area (Å²) in [7, 11) is 0. The second-order valence-corrected chi connectivity index (χ2v) is 7.04. The predicted octanol–water partition coefficient (Wildman–Crippen LogP) is 3.64. The molecule has 1 atom stereocenters. The van der Waals surface area contributed by atoms with Crippen molar-refractivity contribution < 1.29 is 9.59 Å². The van der Waals surface area contributed by atoms with Crippen molar-refractivity contribution in [2.75, 3.05) is 6.54 Å². The van der Waals surface area contributed by atoms with Crippen LogP contribution in [0, 0.1) is 12.8 Å². The summed E-state index contributed by atoms with van der Waals surface area (Å²) >= 11 is 0. The Morgan fingerprint density at radius 3 is 2.69 bits per heavy atom. The first-order valence-corrected chi connectivity index (χ1v) is 9.07. The third-order valence-electron chi connectivity index (χ3n) is 5.28. The van der Waals surface area contributed by atoms with Crippen LogP contribution in [0.25, 0.3) is 10.9 Å². The van der Waals surface area contributed by atoms with E-state index < -0.39 is 0 Å². The smallest absolute Gasteiger partial charge is 0.233 e. The molecule has 0 radical (unpaired) electrons. The molecule has 1 unspecified atom stereocenters. The van der Waals surface area contributed by atoms with Crippen LogP contribution in [0.2, 0.25) is 0 Å². The number of likely N-dealkylation sites (tertiary alicyclic amines) is 1. The summed E-state index contributed by atoms with van der Waals surface area (Å²) in [5.41, 5.74) is 4.58. The lowest BCUT2D eigenvalue weighted by Crippen LogP contribution is -2.32. The second kappa shape index (κ2) is 6.79. The number of aryl methyl sites for hydroxylation is 1. The molecule has 1 aliphatic heterocycles. The zero-order valence-corrected chi connectivity index (χ0v) is 14.9. The molecular weight excluding hydrogens is 324 g/mol. The number of nitrogens with zero attached hydrogens (tertiary/aromatic N) is 1. The number of carbonyl (C=O) groups excluding carboxylic acids is 2. The van der Waals surface area contributed by atoms with Crippen LogP contribution in [0.5, 0.6) is 0 Å². The van der Waals surface area contributed by atoms with Crippen molar-refractivity contribution in [3.63, 3.8) is 0 Å². The lowest BCUT2D eigenvalue weighted by molar-refractivity contribution is -0.139. The van der Waals surface area contributed by atoms with Gasteiger partial charge in [0, 0.05) is 30.1 Å². The number of amides is 2. The maximum absolute atomic E-state index is 12.7. The molecule has 132 valence electrons. The molecule has 0 saturated carbocycles. The zero-order chi connectivity index (χ0) is 18.1. The molecule has 2 aromatic carbocycles. The number of fused-ring (bicyclic) bond motifs is 1. The molecule has 1 aromatic heterocycles. The number of H-pyrrole nitrogens is 1. The summed E-state index contributed by atoms with van der Waals surface area (Å²) in [4.78, 5) is 29.8. The van der Waals surface area contributed by atoms with Gasteiger partial charge in [-0.15, -0.1) is 0 Å². The Labute approximate surface area is 152 Å². The summed E-state index contributed by atoms with van der Waals surface area (Å²) in [6.45, 7) is 2.52. The highest BCUT2D eigenvalue weighted by atomic mass is 16.2. The topological polar surface area (TPSA) is 53.2 Å². The highest BCUT2D eigenvalue weighted by Gasteiger charge is 2.38. The molecule has 3 aromatic rings. The molecule has 4 nitrogen and oxygen atoms in total. The van der Waals surface area contributed by atoms with Crippen LogP contribution >= 0.6 is 0 Å². The quantitative estimate of drug-likeness (QED) is 0.717. The van der Waals surface area contributed by atoms with Crippen molar-refractivity contribution in [3.05, 3.63) is 71.4 Å². The average Bonchev–Trinajstić information content (AvgIpc) is 3.17. The number of nitrogens with one attached hydrogen (secondary N) is 1. The van der Waals surface area contributed by atoms with Gasteiger partial charge in [-0.2, -0.15) is 0 Å². The van der Waals surface area contributed by atoms with E-state index in [2.05, 4.69) is 24.0 Å². The number of aromatic nitrogens is 1. The van der Waals surface area contributed by atoms with Crippen molar-refractivity contribution in [2.45, 2.75) is 26.2 Å². The minimum absolute atomic E-state index is 0.0325. The van der Waals surface area contributed by atoms with Crippen molar-refractivity contribution in [3.8, 4) is 0 Å². The molecule has 1 aliphatic rings. The number of benzene rings is 2. The summed E-state index contributed by atoms with van der Waals surface area (Å²) in [5, 5.41) is 1.17. The van der Waals surface area contributed by atoms with Crippen molar-refractivity contribution >= 4 is 22.7 Å². The van der Waals surface area contributed by atoms with E-state index in [1.165, 1.54) is 15.8 Å². The van der Waals surface area contributed by atoms with Crippen LogP contribution in [0.4, 0.5) is 0 Å². The predicted molar refractivity (Wildman–Crippen MR) is 102 cm³/mol. The molecule has 4 rings (SSSR count). The van der Waals surface area contributed by atoms with Crippen LogP contribution in [-0.2, 0) is 22.4 Å². The lowest BCUT2D eigenvalue weighted by Gasteiger charge is -2.15. The van der Waals surface area contributed by atoms with Crippen LogP contribution in [0.1, 0.15) is 23.1 Å². The van der Waals surface area contributed by atoms with Gasteiger partial charge in [0.2, 0.25) is 11.8 Å². The van der Waals surface area contributed by atoms with E-state index in [0.717, 1.165) is 16.6 Å². The normalized spacial score (nSPS) is 17.4. The van der Waals surface area contributed by atoms with E-state index in [4.69, 9.17) is 0 Å². The SMILES string of the molecule is Cc1cccc2c(CCN3C(=O)CC(Cc4ccccc4)C3=O)c[nH]c12. The van der Waals surface area contributed by atoms with Gasteiger partial charge in [0.15, 0.2) is 0 Å². The number of carbonyl (C=O) groups is 2. The number of aromatic amines is 1. The monoisotopic (exact) mass is 346 g/mol. The fourth-order valence-electron chi connectivity index (χ4n) is 3.85. The molecular formula is C22H22N2O2. The largest absolute Gasteiger partial charge is 0.361 e. The molecule has 2 amide bonds. The molecule has 2 heterocycles. The third-order valence-corrected chi connectivity index (χ3v) is 5.28. The van der Waals surface area contributed by atoms with Crippen LogP contribution < -0.4 is 0 Å². The van der Waals surface area contributed by atoms with E-state index in [9.17, 15) is 9.59 Å². The van der Waals surface area contributed by atoms with Gasteiger partial charge in [0.1, 0.15) is 0 Å². The molecule has 1 fully saturated rings. The van der Waals surface area contributed by atoms with Gasteiger partial charge in [-0.1, -0.05) is 48.5 Å². The highest BCUT2D eigenvalue weighted by molar-refractivity contribution is 6.03. The minimum Gasteiger partial charge on any atom is -0.361 e. The lowest BCUT2D eigenvalue weighted by atomic mass is 9.98. The van der Waals surface area contributed by atoms with E-state index in [-0.39, 0.29) is 17.7 Å². The first-order chi connectivity index (χ1) is 12.6. The summed E-state index contributed by atoms with van der Waals surface area (Å²) in [6, 6.07) is 16.1. The van der Waals surface area contributed by atoms with Gasteiger partial charge in [0.25, 0.3) is 0 Å². The zero-order valence-electron chi connectivity index (χ0n) is 14.9. The first-order valence-electron chi connectivity index (χ1n) is 9.07. The van der Waals surface area contributed by atoms with E-state index in [1.807, 2.05) is 42.6 Å². The maximum atomic E-state index is 12.7. The average molecular weight is 346 g/mol. The van der Waals surface area contributed by atoms with Crippen molar-refractivity contribution in [2.24, 2.45) is 5.92 Å². The Bertz CT molecular complexity index is 959. The maximum Gasteiger partial charge on any atom is 0.233 e. The van der Waals surface area contributed by atoms with Gasteiger partial charge >= 0.3 is 0 Å². The van der Waals surface area contributed by atoms with E-state index in [0.29, 0.717) is 25.8 Å². The number of rotatable bonds is 5. The number of hydrogen-bond donors (Lipinski definition) is 1. The van der Waals surface area contributed by atoms with Gasteiger partial charge in [0.05, 0.1) is 5.92 Å². The standard InChI is InChI=1S/C22H22N2O2/c1-15-6-5-9-19-17(14-23-21(15)19)10-11-24-20(25)13-18(22(24)26)12-16-7-3-2-4-8-16/h2-9,14,18,23H,10-13H2,1H3. The van der Waals surface area contributed by atoms with Gasteiger partial charge < -0.3 is 4.98 Å². The number of para-hydroxylation sites is 1. The van der Waals surface area contributed by atoms with Gasteiger partial charge in [-0.05, 0) is 36.5 Å². The molecule has 1 saturated heterocycles. The molecule has 0 aliphatic carbocycles. The Balaban J connectivity index is 1.45. The fraction of sp³-hybridized carbons (Fsp3) is 0.273.